The molecule has 1 aliphatic rings. The van der Waals surface area contributed by atoms with Gasteiger partial charge in [0, 0.05) is 5.56 Å². The normalized spacial score (nSPS) is 26.2. The SMILES string of the molecule is CC(C)(C)CC1COC(C)(c2ccc(OC(C)(C)C)cc2)O1. The summed E-state index contributed by atoms with van der Waals surface area (Å²) >= 11 is 0. The third kappa shape index (κ3) is 4.72. The van der Waals surface area contributed by atoms with E-state index < -0.39 is 5.79 Å². The molecular weight excluding hydrogens is 276 g/mol. The summed E-state index contributed by atoms with van der Waals surface area (Å²) < 4.78 is 18.0. The first kappa shape index (κ1) is 17.3. The summed E-state index contributed by atoms with van der Waals surface area (Å²) in [6, 6.07) is 8.02. The quantitative estimate of drug-likeness (QED) is 0.796. The molecule has 1 heterocycles. The average Bonchev–Trinajstić information content (AvgIpc) is 2.68. The highest BCUT2D eigenvalue weighted by Gasteiger charge is 2.40. The first-order valence-corrected chi connectivity index (χ1v) is 8.08. The second-order valence-corrected chi connectivity index (χ2v) is 8.50. The first-order valence-electron chi connectivity index (χ1n) is 8.08. The van der Waals surface area contributed by atoms with E-state index in [1.54, 1.807) is 0 Å². The van der Waals surface area contributed by atoms with E-state index in [1.807, 2.05) is 52.0 Å². The zero-order valence-corrected chi connectivity index (χ0v) is 15.0. The fourth-order valence-corrected chi connectivity index (χ4v) is 2.75. The van der Waals surface area contributed by atoms with Crippen LogP contribution in [0.2, 0.25) is 0 Å². The van der Waals surface area contributed by atoms with Crippen molar-refractivity contribution in [2.75, 3.05) is 6.61 Å². The van der Waals surface area contributed by atoms with Crippen LogP contribution in [0.25, 0.3) is 0 Å². The van der Waals surface area contributed by atoms with Crippen molar-refractivity contribution in [2.24, 2.45) is 5.41 Å². The van der Waals surface area contributed by atoms with Gasteiger partial charge in [0.2, 0.25) is 0 Å². The minimum Gasteiger partial charge on any atom is -0.488 e. The van der Waals surface area contributed by atoms with Gasteiger partial charge in [-0.05, 0) is 63.8 Å². The maximum absolute atomic E-state index is 6.19. The van der Waals surface area contributed by atoms with E-state index >= 15 is 0 Å². The van der Waals surface area contributed by atoms with Crippen molar-refractivity contribution >= 4 is 0 Å². The van der Waals surface area contributed by atoms with Gasteiger partial charge in [-0.3, -0.25) is 0 Å². The Morgan fingerprint density at radius 3 is 2.18 bits per heavy atom. The fourth-order valence-electron chi connectivity index (χ4n) is 2.75. The lowest BCUT2D eigenvalue weighted by Gasteiger charge is -2.27. The zero-order chi connectivity index (χ0) is 16.6. The summed E-state index contributed by atoms with van der Waals surface area (Å²) in [5, 5.41) is 0. The van der Waals surface area contributed by atoms with Crippen molar-refractivity contribution < 1.29 is 14.2 Å². The van der Waals surface area contributed by atoms with Crippen LogP contribution < -0.4 is 4.74 Å². The zero-order valence-electron chi connectivity index (χ0n) is 15.0. The van der Waals surface area contributed by atoms with E-state index in [0.717, 1.165) is 17.7 Å². The molecule has 0 spiro atoms. The van der Waals surface area contributed by atoms with Crippen molar-refractivity contribution in [2.45, 2.75) is 72.4 Å². The van der Waals surface area contributed by atoms with Crippen molar-refractivity contribution in [3.63, 3.8) is 0 Å². The highest BCUT2D eigenvalue weighted by atomic mass is 16.7. The van der Waals surface area contributed by atoms with Crippen LogP contribution in [0.15, 0.2) is 24.3 Å². The van der Waals surface area contributed by atoms with Crippen LogP contribution >= 0.6 is 0 Å². The molecule has 0 amide bonds. The van der Waals surface area contributed by atoms with Crippen LogP contribution in [0.5, 0.6) is 5.75 Å². The lowest BCUT2D eigenvalue weighted by Crippen LogP contribution is -2.26. The van der Waals surface area contributed by atoms with Crippen molar-refractivity contribution in [3.8, 4) is 5.75 Å². The summed E-state index contributed by atoms with van der Waals surface area (Å²) in [7, 11) is 0. The molecule has 1 saturated heterocycles. The van der Waals surface area contributed by atoms with E-state index in [2.05, 4.69) is 20.8 Å². The fraction of sp³-hybridized carbons (Fsp3) is 0.684. The summed E-state index contributed by atoms with van der Waals surface area (Å²) in [6.45, 7) is 15.5. The minimum absolute atomic E-state index is 0.149. The van der Waals surface area contributed by atoms with E-state index in [-0.39, 0.29) is 17.1 Å². The predicted molar refractivity (Wildman–Crippen MR) is 89.1 cm³/mol. The van der Waals surface area contributed by atoms with Gasteiger partial charge in [-0.2, -0.15) is 0 Å². The van der Waals surface area contributed by atoms with Gasteiger partial charge >= 0.3 is 0 Å². The van der Waals surface area contributed by atoms with Crippen LogP contribution in [-0.2, 0) is 15.3 Å². The van der Waals surface area contributed by atoms with Gasteiger partial charge in [0.25, 0.3) is 0 Å². The molecule has 1 aromatic carbocycles. The molecule has 0 radical (unpaired) electrons. The van der Waals surface area contributed by atoms with E-state index in [9.17, 15) is 0 Å². The minimum atomic E-state index is -0.657. The van der Waals surface area contributed by atoms with Gasteiger partial charge in [-0.25, -0.2) is 0 Å². The number of rotatable bonds is 3. The Hall–Kier alpha value is -1.06. The Morgan fingerprint density at radius 2 is 1.68 bits per heavy atom. The highest BCUT2D eigenvalue weighted by Crippen LogP contribution is 2.38. The molecule has 0 aromatic heterocycles. The standard InChI is InChI=1S/C19H30O3/c1-17(2,3)12-16-13-20-19(7,22-16)14-8-10-15(11-9-14)21-18(4,5)6/h8-11,16H,12-13H2,1-7H3. The topological polar surface area (TPSA) is 27.7 Å². The van der Waals surface area contributed by atoms with Gasteiger partial charge in [-0.15, -0.1) is 0 Å². The molecule has 3 nitrogen and oxygen atoms in total. The second kappa shape index (κ2) is 5.86. The molecule has 1 fully saturated rings. The van der Waals surface area contributed by atoms with Gasteiger partial charge in [0.15, 0.2) is 5.79 Å². The predicted octanol–water partition coefficient (Wildman–Crippen LogP) is 4.89. The molecule has 124 valence electrons. The Balaban J connectivity index is 2.05. The Morgan fingerprint density at radius 1 is 1.09 bits per heavy atom. The number of benzene rings is 1. The smallest absolute Gasteiger partial charge is 0.192 e. The van der Waals surface area contributed by atoms with Crippen LogP contribution in [0.1, 0.15) is 60.5 Å². The molecule has 0 saturated carbocycles. The summed E-state index contributed by atoms with van der Waals surface area (Å²) in [5.41, 5.74) is 1.08. The molecule has 1 aromatic rings. The summed E-state index contributed by atoms with van der Waals surface area (Å²) in [4.78, 5) is 0. The van der Waals surface area contributed by atoms with Crippen LogP contribution in [0.4, 0.5) is 0 Å². The molecule has 22 heavy (non-hydrogen) atoms. The lowest BCUT2D eigenvalue weighted by atomic mass is 9.89. The number of hydrogen-bond acceptors (Lipinski definition) is 3. The monoisotopic (exact) mass is 306 g/mol. The van der Waals surface area contributed by atoms with Gasteiger partial charge in [-0.1, -0.05) is 20.8 Å². The molecule has 2 unspecified atom stereocenters. The maximum atomic E-state index is 6.19. The number of hydrogen-bond donors (Lipinski definition) is 0. The maximum Gasteiger partial charge on any atom is 0.192 e. The van der Waals surface area contributed by atoms with Crippen molar-refractivity contribution in [1.29, 1.82) is 0 Å². The summed E-state index contributed by atoms with van der Waals surface area (Å²) in [5.74, 6) is 0.208. The Bertz CT molecular complexity index is 493. The molecule has 2 rings (SSSR count). The van der Waals surface area contributed by atoms with E-state index in [4.69, 9.17) is 14.2 Å². The molecule has 1 aliphatic heterocycles. The summed E-state index contributed by atoms with van der Waals surface area (Å²) in [6.07, 6.45) is 1.14. The van der Waals surface area contributed by atoms with Crippen molar-refractivity contribution in [1.82, 2.24) is 0 Å². The third-order valence-electron chi connectivity index (χ3n) is 3.58. The van der Waals surface area contributed by atoms with E-state index in [1.165, 1.54) is 0 Å². The van der Waals surface area contributed by atoms with Crippen LogP contribution in [0.3, 0.4) is 0 Å². The molecule has 0 N–H and O–H groups in total. The number of ether oxygens (including phenoxy) is 3. The Kier molecular flexibility index (Phi) is 4.61. The lowest BCUT2D eigenvalue weighted by molar-refractivity contribution is -0.164. The first-order chi connectivity index (χ1) is 9.97. The van der Waals surface area contributed by atoms with Crippen molar-refractivity contribution in [3.05, 3.63) is 29.8 Å². The molecule has 0 aliphatic carbocycles. The third-order valence-corrected chi connectivity index (χ3v) is 3.58. The van der Waals surface area contributed by atoms with Crippen LogP contribution in [-0.4, -0.2) is 18.3 Å². The van der Waals surface area contributed by atoms with Crippen LogP contribution in [0, 0.1) is 5.41 Å². The molecule has 0 bridgehead atoms. The van der Waals surface area contributed by atoms with Gasteiger partial charge in [0.05, 0.1) is 12.7 Å². The average molecular weight is 306 g/mol. The van der Waals surface area contributed by atoms with Gasteiger partial charge < -0.3 is 14.2 Å². The Labute approximate surface area is 135 Å². The van der Waals surface area contributed by atoms with E-state index in [0.29, 0.717) is 6.61 Å². The molecule has 3 heteroatoms. The largest absolute Gasteiger partial charge is 0.488 e. The second-order valence-electron chi connectivity index (χ2n) is 8.50. The highest BCUT2D eigenvalue weighted by molar-refractivity contribution is 5.30. The van der Waals surface area contributed by atoms with Gasteiger partial charge in [0.1, 0.15) is 11.4 Å². The molecular formula is C19H30O3. The molecule has 2 atom stereocenters.